The van der Waals surface area contributed by atoms with Crippen LogP contribution in [0.15, 0.2) is 40.8 Å². The molecule has 0 unspecified atom stereocenters. The Morgan fingerprint density at radius 1 is 1.05 bits per heavy atom. The number of rotatable bonds is 9. The fourth-order valence-electron chi connectivity index (χ4n) is 3.40. The Morgan fingerprint density at radius 3 is 2.13 bits per heavy atom. The van der Waals surface area contributed by atoms with Gasteiger partial charge in [0, 0.05) is 6.54 Å². The summed E-state index contributed by atoms with van der Waals surface area (Å²) in [4.78, 5) is 50.6. The molecule has 0 aliphatic carbocycles. The zero-order valence-corrected chi connectivity index (χ0v) is 21.9. The number of oxime groups is 2. The first-order valence-corrected chi connectivity index (χ1v) is 11.4. The molecule has 39 heavy (non-hydrogen) atoms. The number of aromatic nitrogens is 2. The number of hydrogen-bond donors (Lipinski definition) is 0. The van der Waals surface area contributed by atoms with Gasteiger partial charge >= 0.3 is 17.8 Å². The Morgan fingerprint density at radius 2 is 1.64 bits per heavy atom. The van der Waals surface area contributed by atoms with Crippen LogP contribution in [-0.2, 0) is 32.4 Å². The van der Waals surface area contributed by atoms with Gasteiger partial charge in [0.1, 0.15) is 26.4 Å². The Kier molecular flexibility index (Phi) is 10.4. The molecule has 1 aromatic carbocycles. The van der Waals surface area contributed by atoms with E-state index in [-0.39, 0.29) is 23.0 Å². The molecule has 0 spiro atoms. The topological polar surface area (TPSA) is 190 Å². The maximum Gasteiger partial charge on any atom is 0.339 e. The molecule has 1 aromatic heterocycles. The maximum absolute atomic E-state index is 14.0. The van der Waals surface area contributed by atoms with Crippen LogP contribution in [0.5, 0.6) is 0 Å². The molecule has 0 atom stereocenters. The van der Waals surface area contributed by atoms with E-state index in [1.807, 2.05) is 19.9 Å². The molecule has 0 N–H and O–H groups in total. The fraction of sp³-hybridized carbons (Fsp3) is 0.320. The van der Waals surface area contributed by atoms with Crippen LogP contribution >= 0.6 is 0 Å². The van der Waals surface area contributed by atoms with Gasteiger partial charge in [-0.05, 0) is 30.5 Å². The molecule has 0 radical (unpaired) electrons. The maximum atomic E-state index is 14.0. The van der Waals surface area contributed by atoms with Crippen molar-refractivity contribution in [3.05, 3.63) is 47.3 Å². The monoisotopic (exact) mass is 531 g/mol. The predicted molar refractivity (Wildman–Crippen MR) is 137 cm³/mol. The van der Waals surface area contributed by atoms with Gasteiger partial charge in [-0.2, -0.15) is 25.8 Å². The van der Waals surface area contributed by atoms with Crippen LogP contribution in [0.2, 0.25) is 0 Å². The summed E-state index contributed by atoms with van der Waals surface area (Å²) in [6.45, 7) is 5.95. The van der Waals surface area contributed by atoms with Crippen LogP contribution in [0.3, 0.4) is 0 Å². The number of benzene rings is 1. The summed E-state index contributed by atoms with van der Waals surface area (Å²) in [7, 11) is 2.12. The summed E-state index contributed by atoms with van der Waals surface area (Å²) < 4.78 is 1.65. The number of urea groups is 1. The second-order valence-electron chi connectivity index (χ2n) is 8.29. The molecule has 0 saturated carbocycles. The minimum absolute atomic E-state index is 0.0511. The van der Waals surface area contributed by atoms with Crippen molar-refractivity contribution < 1.29 is 24.1 Å². The Labute approximate surface area is 224 Å². The van der Waals surface area contributed by atoms with E-state index >= 15 is 0 Å². The SMILES string of the molecule is CO/N=C(/C#N)C(=O)N(C(=O)/C(C#N)=N\OC)C(=O)N(Cc1cccc(C#N)c1)c1cnn(CC(C)C)c1C. The third kappa shape index (κ3) is 7.02. The highest BCUT2D eigenvalue weighted by Crippen LogP contribution is 2.25. The standard InChI is InChI=1S/C25H25N9O5/c1-16(2)14-33-17(3)22(13-29-33)32(15-19-8-6-7-18(9-19)10-26)25(37)34(23(35)20(11-27)30-38-4)24(36)21(12-28)31-39-5/h6-9,13,16H,14-15H2,1-5H3/b30-20-,31-21-. The number of nitrogens with zero attached hydrogens (tertiary/aromatic N) is 9. The molecule has 200 valence electrons. The number of carbonyl (C=O) groups is 3. The van der Waals surface area contributed by atoms with Crippen molar-refractivity contribution in [1.82, 2.24) is 14.7 Å². The van der Waals surface area contributed by atoms with E-state index < -0.39 is 29.3 Å². The highest BCUT2D eigenvalue weighted by atomic mass is 16.6. The first-order chi connectivity index (χ1) is 18.6. The number of amides is 4. The van der Waals surface area contributed by atoms with Crippen LogP contribution in [0.4, 0.5) is 10.5 Å². The van der Waals surface area contributed by atoms with Crippen LogP contribution < -0.4 is 4.90 Å². The van der Waals surface area contributed by atoms with Gasteiger partial charge in [0.2, 0.25) is 11.4 Å². The lowest BCUT2D eigenvalue weighted by Gasteiger charge is -2.27. The molecule has 2 aromatic rings. The number of hydrogen-bond acceptors (Lipinski definition) is 11. The molecule has 0 aliphatic rings. The van der Waals surface area contributed by atoms with E-state index in [1.54, 1.807) is 29.8 Å². The average Bonchev–Trinajstić information content (AvgIpc) is 3.27. The first kappa shape index (κ1) is 29.7. The summed E-state index contributed by atoms with van der Waals surface area (Å²) in [5, 5.41) is 39.0. The molecular weight excluding hydrogens is 506 g/mol. The summed E-state index contributed by atoms with van der Waals surface area (Å²) in [5.74, 6) is -2.72. The minimum atomic E-state index is -1.46. The van der Waals surface area contributed by atoms with E-state index in [0.717, 1.165) is 19.1 Å². The molecule has 4 amide bonds. The largest absolute Gasteiger partial charge is 0.398 e. The fourth-order valence-corrected chi connectivity index (χ4v) is 3.40. The first-order valence-electron chi connectivity index (χ1n) is 11.4. The molecule has 0 fully saturated rings. The quantitative estimate of drug-likeness (QED) is 0.345. The van der Waals surface area contributed by atoms with Crippen molar-refractivity contribution in [3.8, 4) is 18.2 Å². The highest BCUT2D eigenvalue weighted by Gasteiger charge is 2.39. The van der Waals surface area contributed by atoms with Gasteiger partial charge < -0.3 is 9.68 Å². The predicted octanol–water partition coefficient (Wildman–Crippen LogP) is 2.25. The van der Waals surface area contributed by atoms with Crippen LogP contribution in [0, 0.1) is 46.8 Å². The van der Waals surface area contributed by atoms with Crippen molar-refractivity contribution >= 4 is 35.0 Å². The average molecular weight is 532 g/mol. The van der Waals surface area contributed by atoms with Crippen molar-refractivity contribution in [2.45, 2.75) is 33.9 Å². The molecule has 14 nitrogen and oxygen atoms in total. The van der Waals surface area contributed by atoms with Crippen LogP contribution in [-0.4, -0.2) is 58.2 Å². The van der Waals surface area contributed by atoms with Gasteiger partial charge in [-0.25, -0.2) is 4.79 Å². The Bertz CT molecular complexity index is 1390. The molecule has 0 aliphatic heterocycles. The smallest absolute Gasteiger partial charge is 0.339 e. The zero-order chi connectivity index (χ0) is 29.1. The Hall–Kier alpha value is -5.55. The van der Waals surface area contributed by atoms with Gasteiger partial charge in [0.05, 0.1) is 35.8 Å². The van der Waals surface area contributed by atoms with Gasteiger partial charge in [-0.15, -0.1) is 0 Å². The summed E-state index contributed by atoms with van der Waals surface area (Å²) >= 11 is 0. The normalized spacial score (nSPS) is 11.2. The molecule has 14 heteroatoms. The highest BCUT2D eigenvalue weighted by molar-refractivity contribution is 6.57. The lowest BCUT2D eigenvalue weighted by molar-refractivity contribution is -0.132. The third-order valence-corrected chi connectivity index (χ3v) is 5.11. The van der Waals surface area contributed by atoms with E-state index in [0.29, 0.717) is 23.4 Å². The number of carbonyl (C=O) groups excluding carboxylic acids is 3. The molecule has 0 bridgehead atoms. The second kappa shape index (κ2) is 13.7. The van der Waals surface area contributed by atoms with Crippen molar-refractivity contribution in [2.24, 2.45) is 16.2 Å². The lowest BCUT2D eigenvalue weighted by atomic mass is 10.1. The number of imide groups is 3. The molecular formula is C25H25N9O5. The molecule has 2 rings (SSSR count). The van der Waals surface area contributed by atoms with Gasteiger partial charge in [-0.1, -0.05) is 36.3 Å². The van der Waals surface area contributed by atoms with Gasteiger partial charge in [0.15, 0.2) is 0 Å². The van der Waals surface area contributed by atoms with Gasteiger partial charge in [-0.3, -0.25) is 19.2 Å². The summed E-state index contributed by atoms with van der Waals surface area (Å²) in [5.41, 5.74) is -0.312. The summed E-state index contributed by atoms with van der Waals surface area (Å²) in [6.07, 6.45) is 1.39. The second-order valence-corrected chi connectivity index (χ2v) is 8.29. The zero-order valence-electron chi connectivity index (χ0n) is 21.9. The van der Waals surface area contributed by atoms with Gasteiger partial charge in [0.25, 0.3) is 0 Å². The van der Waals surface area contributed by atoms with E-state index in [9.17, 15) is 30.2 Å². The van der Waals surface area contributed by atoms with E-state index in [1.165, 1.54) is 24.4 Å². The lowest BCUT2D eigenvalue weighted by Crippen LogP contribution is -2.53. The molecule has 0 saturated heterocycles. The van der Waals surface area contributed by atoms with E-state index in [4.69, 9.17) is 0 Å². The molecule has 1 heterocycles. The van der Waals surface area contributed by atoms with Crippen molar-refractivity contribution in [3.63, 3.8) is 0 Å². The minimum Gasteiger partial charge on any atom is -0.398 e. The van der Waals surface area contributed by atoms with Crippen molar-refractivity contribution in [1.29, 1.82) is 15.8 Å². The summed E-state index contributed by atoms with van der Waals surface area (Å²) in [6, 6.07) is 10.1. The van der Waals surface area contributed by atoms with Crippen LogP contribution in [0.1, 0.15) is 30.7 Å². The number of anilines is 1. The van der Waals surface area contributed by atoms with Crippen molar-refractivity contribution in [2.75, 3.05) is 19.1 Å². The van der Waals surface area contributed by atoms with E-state index in [2.05, 4.69) is 25.1 Å². The van der Waals surface area contributed by atoms with Crippen LogP contribution in [0.25, 0.3) is 0 Å². The number of nitriles is 3. The Balaban J connectivity index is 2.77. The third-order valence-electron chi connectivity index (χ3n) is 5.11.